The summed E-state index contributed by atoms with van der Waals surface area (Å²) in [6.45, 7) is 4.20. The lowest BCUT2D eigenvalue weighted by molar-refractivity contribution is 0.493. The fraction of sp³-hybridized carbons (Fsp3) is 0.308. The molecular weight excluding hydrogens is 287 g/mol. The molecule has 0 aliphatic heterocycles. The van der Waals surface area contributed by atoms with Gasteiger partial charge >= 0.3 is 0 Å². The van der Waals surface area contributed by atoms with Gasteiger partial charge in [-0.3, -0.25) is 0 Å². The lowest BCUT2D eigenvalue weighted by Crippen LogP contribution is -2.22. The van der Waals surface area contributed by atoms with Crippen LogP contribution in [-0.4, -0.2) is 4.98 Å². The fourth-order valence-electron chi connectivity index (χ4n) is 1.77. The van der Waals surface area contributed by atoms with Crippen LogP contribution >= 0.6 is 34.5 Å². The first-order valence-electron chi connectivity index (χ1n) is 5.68. The minimum absolute atomic E-state index is 0.193. The van der Waals surface area contributed by atoms with E-state index in [0.29, 0.717) is 10.0 Å². The molecular formula is C13H14Cl2N2S. The SMILES string of the molecule is CC(NC(C)c1nccs1)c1ccc(Cl)c(Cl)c1. The molecule has 18 heavy (non-hydrogen) atoms. The van der Waals surface area contributed by atoms with Crippen molar-refractivity contribution < 1.29 is 0 Å². The maximum atomic E-state index is 6.02. The maximum absolute atomic E-state index is 6.02. The minimum atomic E-state index is 0.193. The third kappa shape index (κ3) is 3.23. The van der Waals surface area contributed by atoms with Crippen LogP contribution in [0.4, 0.5) is 0 Å². The van der Waals surface area contributed by atoms with Crippen LogP contribution in [0.5, 0.6) is 0 Å². The molecule has 1 aromatic carbocycles. The van der Waals surface area contributed by atoms with E-state index in [1.165, 1.54) is 0 Å². The van der Waals surface area contributed by atoms with Crippen molar-refractivity contribution in [2.24, 2.45) is 0 Å². The van der Waals surface area contributed by atoms with Gasteiger partial charge < -0.3 is 5.32 Å². The van der Waals surface area contributed by atoms with Gasteiger partial charge in [0.05, 0.1) is 16.1 Å². The lowest BCUT2D eigenvalue weighted by atomic mass is 10.1. The molecule has 1 N–H and O–H groups in total. The van der Waals surface area contributed by atoms with Crippen molar-refractivity contribution >= 4 is 34.5 Å². The van der Waals surface area contributed by atoms with Gasteiger partial charge in [-0.05, 0) is 31.5 Å². The number of aromatic nitrogens is 1. The van der Waals surface area contributed by atoms with Gasteiger partial charge in [-0.25, -0.2) is 4.98 Å². The molecule has 0 radical (unpaired) electrons. The van der Waals surface area contributed by atoms with E-state index < -0.39 is 0 Å². The summed E-state index contributed by atoms with van der Waals surface area (Å²) in [7, 11) is 0. The summed E-state index contributed by atoms with van der Waals surface area (Å²) < 4.78 is 0. The molecule has 2 rings (SSSR count). The van der Waals surface area contributed by atoms with E-state index in [1.54, 1.807) is 11.3 Å². The van der Waals surface area contributed by atoms with E-state index in [4.69, 9.17) is 23.2 Å². The third-order valence-corrected chi connectivity index (χ3v) is 4.46. The van der Waals surface area contributed by atoms with Crippen LogP contribution in [0.1, 0.15) is 36.5 Å². The normalized spacial score (nSPS) is 14.4. The molecule has 0 saturated heterocycles. The van der Waals surface area contributed by atoms with E-state index in [2.05, 4.69) is 24.1 Å². The second kappa shape index (κ2) is 6.02. The smallest absolute Gasteiger partial charge is 0.109 e. The standard InChI is InChI=1S/C13H14Cl2N2S/c1-8(10-3-4-11(14)12(15)7-10)17-9(2)13-16-5-6-18-13/h3-9,17H,1-2H3. The van der Waals surface area contributed by atoms with Crippen molar-refractivity contribution in [2.75, 3.05) is 0 Å². The van der Waals surface area contributed by atoms with Gasteiger partial charge in [0.1, 0.15) is 5.01 Å². The van der Waals surface area contributed by atoms with Crippen LogP contribution < -0.4 is 5.32 Å². The Morgan fingerprint density at radius 3 is 2.56 bits per heavy atom. The van der Waals surface area contributed by atoms with Crippen LogP contribution in [-0.2, 0) is 0 Å². The Hall–Kier alpha value is -0.610. The molecule has 2 nitrogen and oxygen atoms in total. The van der Waals surface area contributed by atoms with Crippen LogP contribution in [0.3, 0.4) is 0 Å². The third-order valence-electron chi connectivity index (χ3n) is 2.77. The van der Waals surface area contributed by atoms with E-state index in [-0.39, 0.29) is 12.1 Å². The molecule has 1 aromatic heterocycles. The van der Waals surface area contributed by atoms with Gasteiger partial charge in [-0.2, -0.15) is 0 Å². The molecule has 2 atom stereocenters. The first-order valence-corrected chi connectivity index (χ1v) is 7.32. The number of benzene rings is 1. The number of hydrogen-bond donors (Lipinski definition) is 1. The first-order chi connectivity index (χ1) is 8.58. The predicted molar refractivity (Wildman–Crippen MR) is 78.5 cm³/mol. The highest BCUT2D eigenvalue weighted by Gasteiger charge is 2.13. The molecule has 5 heteroatoms. The van der Waals surface area contributed by atoms with Gasteiger partial charge in [0.2, 0.25) is 0 Å². The number of thiazole rings is 1. The zero-order chi connectivity index (χ0) is 13.1. The van der Waals surface area contributed by atoms with Crippen LogP contribution in [0, 0.1) is 0 Å². The highest BCUT2D eigenvalue weighted by Crippen LogP contribution is 2.27. The van der Waals surface area contributed by atoms with Crippen LogP contribution in [0.15, 0.2) is 29.8 Å². The number of hydrogen-bond acceptors (Lipinski definition) is 3. The lowest BCUT2D eigenvalue weighted by Gasteiger charge is -2.19. The van der Waals surface area contributed by atoms with E-state index >= 15 is 0 Å². The summed E-state index contributed by atoms with van der Waals surface area (Å²) >= 11 is 13.6. The average Bonchev–Trinajstić information content (AvgIpc) is 2.86. The van der Waals surface area contributed by atoms with Crippen molar-refractivity contribution in [3.8, 4) is 0 Å². The fourth-order valence-corrected chi connectivity index (χ4v) is 2.73. The number of nitrogens with one attached hydrogen (secondary N) is 1. The zero-order valence-electron chi connectivity index (χ0n) is 10.2. The number of halogens is 2. The van der Waals surface area contributed by atoms with Crippen molar-refractivity contribution in [2.45, 2.75) is 25.9 Å². The first kappa shape index (κ1) is 13.8. The molecule has 0 bridgehead atoms. The van der Waals surface area contributed by atoms with Crippen LogP contribution in [0.25, 0.3) is 0 Å². The van der Waals surface area contributed by atoms with E-state index in [1.807, 2.05) is 29.8 Å². The van der Waals surface area contributed by atoms with Crippen molar-refractivity contribution in [1.82, 2.24) is 10.3 Å². The van der Waals surface area contributed by atoms with Crippen molar-refractivity contribution in [3.05, 3.63) is 50.4 Å². The summed E-state index contributed by atoms with van der Waals surface area (Å²) in [5.74, 6) is 0. The summed E-state index contributed by atoms with van der Waals surface area (Å²) in [4.78, 5) is 4.30. The van der Waals surface area contributed by atoms with E-state index in [9.17, 15) is 0 Å². The summed E-state index contributed by atoms with van der Waals surface area (Å²) in [5, 5.41) is 7.73. The largest absolute Gasteiger partial charge is 0.302 e. The second-order valence-electron chi connectivity index (χ2n) is 4.15. The average molecular weight is 301 g/mol. The van der Waals surface area contributed by atoms with Gasteiger partial charge in [-0.15, -0.1) is 11.3 Å². The molecule has 2 aromatic rings. The van der Waals surface area contributed by atoms with Crippen molar-refractivity contribution in [1.29, 1.82) is 0 Å². The number of rotatable bonds is 4. The Balaban J connectivity index is 2.07. The monoisotopic (exact) mass is 300 g/mol. The van der Waals surface area contributed by atoms with Gasteiger partial charge in [-0.1, -0.05) is 29.3 Å². The maximum Gasteiger partial charge on any atom is 0.109 e. The molecule has 96 valence electrons. The van der Waals surface area contributed by atoms with Gasteiger partial charge in [0.15, 0.2) is 0 Å². The molecule has 1 heterocycles. The quantitative estimate of drug-likeness (QED) is 0.872. The highest BCUT2D eigenvalue weighted by atomic mass is 35.5. The summed E-state index contributed by atoms with van der Waals surface area (Å²) in [6, 6.07) is 6.12. The molecule has 0 amide bonds. The summed E-state index contributed by atoms with van der Waals surface area (Å²) in [5.41, 5.74) is 1.12. The molecule has 2 unspecified atom stereocenters. The molecule has 0 saturated carbocycles. The second-order valence-corrected chi connectivity index (χ2v) is 5.89. The Labute approximate surface area is 121 Å². The molecule has 0 spiro atoms. The Kier molecular flexibility index (Phi) is 4.62. The molecule has 0 aliphatic rings. The zero-order valence-corrected chi connectivity index (χ0v) is 12.5. The topological polar surface area (TPSA) is 24.9 Å². The Morgan fingerprint density at radius 2 is 1.94 bits per heavy atom. The van der Waals surface area contributed by atoms with Gasteiger partial charge in [0, 0.05) is 17.6 Å². The van der Waals surface area contributed by atoms with Crippen LogP contribution in [0.2, 0.25) is 10.0 Å². The molecule has 0 aliphatic carbocycles. The predicted octanol–water partition coefficient (Wildman–Crippen LogP) is 4.86. The molecule has 0 fully saturated rings. The highest BCUT2D eigenvalue weighted by molar-refractivity contribution is 7.09. The Bertz CT molecular complexity index is 514. The van der Waals surface area contributed by atoms with Crippen molar-refractivity contribution in [3.63, 3.8) is 0 Å². The number of nitrogens with zero attached hydrogens (tertiary/aromatic N) is 1. The summed E-state index contributed by atoms with van der Waals surface area (Å²) in [6.07, 6.45) is 1.82. The van der Waals surface area contributed by atoms with E-state index in [0.717, 1.165) is 10.6 Å². The minimum Gasteiger partial charge on any atom is -0.302 e. The Morgan fingerprint density at radius 1 is 1.17 bits per heavy atom. The van der Waals surface area contributed by atoms with Gasteiger partial charge in [0.25, 0.3) is 0 Å².